The minimum absolute atomic E-state index is 0.0103. The van der Waals surface area contributed by atoms with Crippen LogP contribution in [0.3, 0.4) is 0 Å². The molecule has 2 rings (SSSR count). The summed E-state index contributed by atoms with van der Waals surface area (Å²) in [7, 11) is 0. The van der Waals surface area contributed by atoms with Gasteiger partial charge in [-0.15, -0.1) is 0 Å². The molecular formula is C15H16FN7O3. The van der Waals surface area contributed by atoms with Gasteiger partial charge in [0.05, 0.1) is 13.2 Å². The molecule has 1 aliphatic heterocycles. The number of nitrogens with zero attached hydrogens (tertiary/aromatic N) is 7. The second-order valence-electron chi connectivity index (χ2n) is 5.59. The quantitative estimate of drug-likeness (QED) is 0.317. The summed E-state index contributed by atoms with van der Waals surface area (Å²) in [6.07, 6.45) is -1.77. The largest absolute Gasteiger partial charge is 0.464 e. The van der Waals surface area contributed by atoms with Crippen molar-refractivity contribution in [3.63, 3.8) is 0 Å². The van der Waals surface area contributed by atoms with Gasteiger partial charge >= 0.3 is 5.97 Å². The Bertz CT molecular complexity index is 796. The van der Waals surface area contributed by atoms with E-state index in [0.717, 1.165) is 0 Å². The molecule has 0 radical (unpaired) electrons. The fraction of sp³-hybridized carbons (Fsp3) is 0.467. The lowest BCUT2D eigenvalue weighted by molar-refractivity contribution is -0.153. The predicted molar refractivity (Wildman–Crippen MR) is 89.0 cm³/mol. The minimum Gasteiger partial charge on any atom is -0.464 e. The number of hydrogen-bond donors (Lipinski definition) is 0. The number of esters is 1. The molecule has 26 heavy (non-hydrogen) atoms. The minimum atomic E-state index is -1.77. The lowest BCUT2D eigenvalue weighted by atomic mass is 9.93. The molecule has 1 amide bonds. The van der Waals surface area contributed by atoms with Crippen LogP contribution in [0.25, 0.3) is 20.9 Å². The summed E-state index contributed by atoms with van der Waals surface area (Å²) in [5.41, 5.74) is 17.9. The first-order valence-electron chi connectivity index (χ1n) is 7.80. The molecule has 0 spiro atoms. The zero-order valence-electron chi connectivity index (χ0n) is 13.9. The average Bonchev–Trinajstić information content (AvgIpc) is 2.58. The molecule has 1 atom stereocenters. The molecule has 1 heterocycles. The molecule has 0 N–H and O–H groups in total. The normalized spacial score (nSPS) is 14.5. The standard InChI is InChI=1S/C15H16FN7O3/c1-2-26-15(25)13(16)11-7-23(8-11)14(24)10-3-9(6-19-21-17)4-12(5-10)20-22-18/h3-5,11,13H,2,6-8H2,1H3. The SMILES string of the molecule is CCOC(=O)C(F)C1CN(C(=O)c2cc(CN=[N+]=[N-])cc(N=[N+]=[N-])c2)C1. The third kappa shape index (κ3) is 4.41. The van der Waals surface area contributed by atoms with Gasteiger partial charge in [-0.25, -0.2) is 9.18 Å². The zero-order valence-corrected chi connectivity index (χ0v) is 13.9. The number of likely N-dealkylation sites (tertiary alicyclic amines) is 1. The van der Waals surface area contributed by atoms with Gasteiger partial charge in [-0.05, 0) is 41.7 Å². The van der Waals surface area contributed by atoms with Crippen molar-refractivity contribution in [1.29, 1.82) is 0 Å². The Morgan fingerprint density at radius 3 is 2.69 bits per heavy atom. The number of benzene rings is 1. The van der Waals surface area contributed by atoms with E-state index in [0.29, 0.717) is 5.56 Å². The predicted octanol–water partition coefficient (Wildman–Crippen LogP) is 3.41. The van der Waals surface area contributed by atoms with Crippen molar-refractivity contribution in [3.05, 3.63) is 50.2 Å². The van der Waals surface area contributed by atoms with Gasteiger partial charge < -0.3 is 9.64 Å². The Morgan fingerprint density at radius 1 is 1.35 bits per heavy atom. The van der Waals surface area contributed by atoms with Crippen LogP contribution in [0.2, 0.25) is 0 Å². The molecule has 1 fully saturated rings. The van der Waals surface area contributed by atoms with Crippen LogP contribution in [0.5, 0.6) is 0 Å². The summed E-state index contributed by atoms with van der Waals surface area (Å²) < 4.78 is 18.6. The average molecular weight is 361 g/mol. The van der Waals surface area contributed by atoms with Crippen LogP contribution < -0.4 is 0 Å². The Labute approximate surface area is 147 Å². The third-order valence-electron chi connectivity index (χ3n) is 3.82. The summed E-state index contributed by atoms with van der Waals surface area (Å²) in [5.74, 6) is -1.93. The fourth-order valence-corrected chi connectivity index (χ4v) is 2.57. The van der Waals surface area contributed by atoms with E-state index < -0.39 is 24.0 Å². The lowest BCUT2D eigenvalue weighted by Crippen LogP contribution is -2.55. The molecule has 10 nitrogen and oxygen atoms in total. The van der Waals surface area contributed by atoms with Crippen LogP contribution in [-0.4, -0.2) is 42.6 Å². The highest BCUT2D eigenvalue weighted by molar-refractivity contribution is 5.96. The van der Waals surface area contributed by atoms with Gasteiger partial charge in [0.2, 0.25) is 6.17 Å². The molecule has 0 aromatic heterocycles. The van der Waals surface area contributed by atoms with Gasteiger partial charge in [-0.1, -0.05) is 10.2 Å². The first-order chi connectivity index (χ1) is 12.5. The highest BCUT2D eigenvalue weighted by atomic mass is 19.1. The number of ether oxygens (including phenoxy) is 1. The van der Waals surface area contributed by atoms with E-state index in [4.69, 9.17) is 11.1 Å². The van der Waals surface area contributed by atoms with Crippen LogP contribution in [0.15, 0.2) is 28.4 Å². The molecule has 11 heteroatoms. The molecule has 1 unspecified atom stereocenters. The zero-order chi connectivity index (χ0) is 19.1. The summed E-state index contributed by atoms with van der Waals surface area (Å²) >= 11 is 0. The van der Waals surface area contributed by atoms with E-state index >= 15 is 0 Å². The maximum atomic E-state index is 13.9. The molecule has 0 saturated carbocycles. The second-order valence-corrected chi connectivity index (χ2v) is 5.59. The van der Waals surface area contributed by atoms with Gasteiger partial charge in [0.25, 0.3) is 5.91 Å². The van der Waals surface area contributed by atoms with Crippen molar-refractivity contribution in [2.45, 2.75) is 19.6 Å². The number of rotatable bonds is 7. The van der Waals surface area contributed by atoms with Crippen LogP contribution in [0.1, 0.15) is 22.8 Å². The lowest BCUT2D eigenvalue weighted by Gasteiger charge is -2.40. The molecule has 136 valence electrons. The van der Waals surface area contributed by atoms with Gasteiger partial charge in [0.1, 0.15) is 0 Å². The highest BCUT2D eigenvalue weighted by Gasteiger charge is 2.40. The Hall–Kier alpha value is -3.29. The highest BCUT2D eigenvalue weighted by Crippen LogP contribution is 2.26. The second kappa shape index (κ2) is 8.70. The maximum absolute atomic E-state index is 13.9. The molecule has 1 saturated heterocycles. The number of azide groups is 2. The van der Waals surface area contributed by atoms with Crippen molar-refractivity contribution in [2.75, 3.05) is 19.7 Å². The maximum Gasteiger partial charge on any atom is 0.341 e. The van der Waals surface area contributed by atoms with E-state index in [1.165, 1.54) is 23.1 Å². The Morgan fingerprint density at radius 2 is 2.08 bits per heavy atom. The van der Waals surface area contributed by atoms with Gasteiger partial charge in [-0.3, -0.25) is 4.79 Å². The summed E-state index contributed by atoms with van der Waals surface area (Å²) in [4.78, 5) is 30.6. The van der Waals surface area contributed by atoms with E-state index in [9.17, 15) is 14.0 Å². The van der Waals surface area contributed by atoms with E-state index in [1.807, 2.05) is 0 Å². The third-order valence-corrected chi connectivity index (χ3v) is 3.82. The van der Waals surface area contributed by atoms with Crippen LogP contribution in [-0.2, 0) is 16.1 Å². The van der Waals surface area contributed by atoms with Crippen molar-refractivity contribution in [1.82, 2.24) is 4.90 Å². The first kappa shape index (κ1) is 19.0. The van der Waals surface area contributed by atoms with Crippen molar-refractivity contribution in [2.24, 2.45) is 16.1 Å². The van der Waals surface area contributed by atoms with Crippen molar-refractivity contribution < 1.29 is 18.7 Å². The molecule has 1 aliphatic rings. The van der Waals surface area contributed by atoms with E-state index in [2.05, 4.69) is 24.8 Å². The van der Waals surface area contributed by atoms with E-state index in [-0.39, 0.29) is 37.5 Å². The number of carbonyl (C=O) groups is 2. The molecule has 0 bridgehead atoms. The van der Waals surface area contributed by atoms with Crippen molar-refractivity contribution in [3.8, 4) is 0 Å². The topological polar surface area (TPSA) is 144 Å². The Balaban J connectivity index is 2.10. The van der Waals surface area contributed by atoms with Crippen LogP contribution in [0, 0.1) is 5.92 Å². The number of alkyl halides is 1. The number of hydrogen-bond acceptors (Lipinski definition) is 5. The smallest absolute Gasteiger partial charge is 0.341 e. The molecule has 0 aliphatic carbocycles. The first-order valence-corrected chi connectivity index (χ1v) is 7.80. The van der Waals surface area contributed by atoms with Crippen LogP contribution in [0.4, 0.5) is 10.1 Å². The summed E-state index contributed by atoms with van der Waals surface area (Å²) in [5, 5.41) is 6.88. The van der Waals surface area contributed by atoms with Crippen molar-refractivity contribution >= 4 is 17.6 Å². The summed E-state index contributed by atoms with van der Waals surface area (Å²) in [6.45, 7) is 1.83. The van der Waals surface area contributed by atoms with Gasteiger partial charge in [0, 0.05) is 40.1 Å². The molecular weight excluding hydrogens is 345 g/mol. The van der Waals surface area contributed by atoms with Gasteiger partial charge in [0.15, 0.2) is 0 Å². The fourth-order valence-electron chi connectivity index (χ4n) is 2.57. The monoisotopic (exact) mass is 361 g/mol. The summed E-state index contributed by atoms with van der Waals surface area (Å²) in [6, 6.07) is 4.41. The van der Waals surface area contributed by atoms with E-state index in [1.54, 1.807) is 6.92 Å². The van der Waals surface area contributed by atoms with Crippen LogP contribution >= 0.6 is 0 Å². The van der Waals surface area contributed by atoms with Gasteiger partial charge in [-0.2, -0.15) is 0 Å². The number of halogens is 1. The Kier molecular flexibility index (Phi) is 6.37. The molecule has 1 aromatic rings. The number of amides is 1. The molecule has 1 aromatic carbocycles. The number of carbonyl (C=O) groups excluding carboxylic acids is 2.